The van der Waals surface area contributed by atoms with Crippen LogP contribution in [0.1, 0.15) is 52.3 Å². The lowest BCUT2D eigenvalue weighted by Crippen LogP contribution is -2.35. The van der Waals surface area contributed by atoms with Crippen molar-refractivity contribution < 1.29 is 14.3 Å². The zero-order chi connectivity index (χ0) is 16.2. The molecule has 124 valence electrons. The summed E-state index contributed by atoms with van der Waals surface area (Å²) >= 11 is 0. The second-order valence-corrected chi connectivity index (χ2v) is 6.67. The third kappa shape index (κ3) is 4.73. The number of aromatic nitrogens is 2. The summed E-state index contributed by atoms with van der Waals surface area (Å²) in [4.78, 5) is 15.8. The molecule has 0 saturated heterocycles. The van der Waals surface area contributed by atoms with Crippen LogP contribution in [-0.4, -0.2) is 40.5 Å². The molecule has 1 aromatic heterocycles. The Bertz CT molecular complexity index is 487. The normalized spacial score (nSPS) is 21.3. The Balaban J connectivity index is 1.76. The van der Waals surface area contributed by atoms with Crippen LogP contribution < -0.4 is 5.32 Å². The molecule has 6 heteroatoms. The number of hydrogen-bond acceptors (Lipinski definition) is 4. The Labute approximate surface area is 132 Å². The number of imidazole rings is 1. The Morgan fingerprint density at radius 1 is 1.45 bits per heavy atom. The molecule has 1 N–H and O–H groups in total. The summed E-state index contributed by atoms with van der Waals surface area (Å²) in [7, 11) is 0. The molecule has 1 saturated carbocycles. The first-order valence-electron chi connectivity index (χ1n) is 7.98. The third-order valence-electron chi connectivity index (χ3n) is 3.66. The van der Waals surface area contributed by atoms with Crippen molar-refractivity contribution >= 4 is 6.09 Å². The lowest BCUT2D eigenvalue weighted by molar-refractivity contribution is -0.0202. The predicted molar refractivity (Wildman–Crippen MR) is 83.9 cm³/mol. The van der Waals surface area contributed by atoms with Gasteiger partial charge in [0.15, 0.2) is 0 Å². The predicted octanol–water partition coefficient (Wildman–Crippen LogP) is 2.69. The molecule has 0 atom stereocenters. The molecule has 1 aliphatic rings. The number of nitrogens with one attached hydrogen (secondary N) is 1. The molecule has 0 radical (unpaired) electrons. The Morgan fingerprint density at radius 2 is 2.18 bits per heavy atom. The minimum atomic E-state index is -0.466. The maximum Gasteiger partial charge on any atom is 0.407 e. The van der Waals surface area contributed by atoms with Gasteiger partial charge in [-0.25, -0.2) is 9.78 Å². The van der Waals surface area contributed by atoms with Crippen molar-refractivity contribution in [3.05, 3.63) is 18.2 Å². The maximum atomic E-state index is 11.6. The van der Waals surface area contributed by atoms with E-state index < -0.39 is 5.60 Å². The van der Waals surface area contributed by atoms with Gasteiger partial charge in [-0.3, -0.25) is 0 Å². The van der Waals surface area contributed by atoms with Gasteiger partial charge in [0.25, 0.3) is 0 Å². The molecule has 1 fully saturated rings. The second kappa shape index (κ2) is 7.13. The highest BCUT2D eigenvalue weighted by atomic mass is 16.6. The molecule has 2 rings (SSSR count). The van der Waals surface area contributed by atoms with Crippen LogP contribution in [0.4, 0.5) is 4.79 Å². The number of nitrogens with zero attached hydrogens (tertiary/aromatic N) is 2. The van der Waals surface area contributed by atoms with Crippen molar-refractivity contribution in [1.82, 2.24) is 14.9 Å². The molecule has 1 amide bonds. The summed E-state index contributed by atoms with van der Waals surface area (Å²) < 4.78 is 13.0. The Hall–Kier alpha value is -1.56. The van der Waals surface area contributed by atoms with E-state index in [4.69, 9.17) is 9.47 Å². The monoisotopic (exact) mass is 309 g/mol. The Kier molecular flexibility index (Phi) is 5.45. The van der Waals surface area contributed by atoms with Crippen molar-refractivity contribution in [2.75, 3.05) is 13.2 Å². The summed E-state index contributed by atoms with van der Waals surface area (Å²) in [5.74, 6) is 0. The van der Waals surface area contributed by atoms with E-state index >= 15 is 0 Å². The minimum absolute atomic E-state index is 0.376. The molecule has 0 unspecified atom stereocenters. The number of rotatable bonds is 6. The van der Waals surface area contributed by atoms with Crippen molar-refractivity contribution in [3.8, 4) is 0 Å². The van der Waals surface area contributed by atoms with E-state index in [9.17, 15) is 4.79 Å². The van der Waals surface area contributed by atoms with E-state index in [2.05, 4.69) is 14.9 Å². The highest BCUT2D eigenvalue weighted by Gasteiger charge is 2.31. The average molecular weight is 309 g/mol. The van der Waals surface area contributed by atoms with E-state index in [0.29, 0.717) is 18.7 Å². The number of hydrogen-bond donors (Lipinski definition) is 1. The minimum Gasteiger partial charge on any atom is -0.444 e. The van der Waals surface area contributed by atoms with Gasteiger partial charge in [0.05, 0.1) is 12.4 Å². The first kappa shape index (κ1) is 16.8. The van der Waals surface area contributed by atoms with Crippen molar-refractivity contribution in [1.29, 1.82) is 0 Å². The van der Waals surface area contributed by atoms with Gasteiger partial charge in [-0.15, -0.1) is 0 Å². The molecule has 1 aliphatic carbocycles. The first-order chi connectivity index (χ1) is 10.4. The molecular weight excluding hydrogens is 282 g/mol. The number of ether oxygens (including phenoxy) is 2. The van der Waals surface area contributed by atoms with Gasteiger partial charge < -0.3 is 19.4 Å². The van der Waals surface area contributed by atoms with E-state index in [-0.39, 0.29) is 6.09 Å². The van der Waals surface area contributed by atoms with Crippen molar-refractivity contribution in [2.45, 2.75) is 64.7 Å². The summed E-state index contributed by atoms with van der Waals surface area (Å²) in [6.07, 6.45) is 6.56. The highest BCUT2D eigenvalue weighted by Crippen LogP contribution is 2.35. The standard InChI is InChI=1S/C16H27N3O3/c1-5-21-14-8-13(9-14)19-11-17-10-12(19)6-7-18-15(20)22-16(2,3)4/h10-11,13-14H,5-9H2,1-4H3,(H,18,20). The largest absolute Gasteiger partial charge is 0.444 e. The zero-order valence-corrected chi connectivity index (χ0v) is 14.0. The van der Waals surface area contributed by atoms with Gasteiger partial charge in [-0.1, -0.05) is 0 Å². The summed E-state index contributed by atoms with van der Waals surface area (Å²) in [5.41, 5.74) is 0.669. The zero-order valence-electron chi connectivity index (χ0n) is 14.0. The van der Waals surface area contributed by atoms with E-state index in [1.165, 1.54) is 0 Å². The Morgan fingerprint density at radius 3 is 2.82 bits per heavy atom. The van der Waals surface area contributed by atoms with Gasteiger partial charge in [0, 0.05) is 37.5 Å². The average Bonchev–Trinajstić information content (AvgIpc) is 2.79. The van der Waals surface area contributed by atoms with Gasteiger partial charge >= 0.3 is 6.09 Å². The molecular formula is C16H27N3O3. The van der Waals surface area contributed by atoms with E-state index in [1.54, 1.807) is 0 Å². The molecule has 1 aromatic rings. The second-order valence-electron chi connectivity index (χ2n) is 6.67. The van der Waals surface area contributed by atoms with Gasteiger partial charge in [-0.2, -0.15) is 0 Å². The van der Waals surface area contributed by atoms with Crippen LogP contribution in [0.15, 0.2) is 12.5 Å². The maximum absolute atomic E-state index is 11.6. The lowest BCUT2D eigenvalue weighted by Gasteiger charge is -2.36. The molecule has 6 nitrogen and oxygen atoms in total. The van der Waals surface area contributed by atoms with Gasteiger partial charge in [0.1, 0.15) is 5.60 Å². The van der Waals surface area contributed by atoms with Crippen LogP contribution in [0.2, 0.25) is 0 Å². The quantitative estimate of drug-likeness (QED) is 0.877. The van der Waals surface area contributed by atoms with Gasteiger partial charge in [0.2, 0.25) is 0 Å². The summed E-state index contributed by atoms with van der Waals surface area (Å²) in [6, 6.07) is 0.468. The lowest BCUT2D eigenvalue weighted by atomic mass is 9.88. The van der Waals surface area contributed by atoms with Crippen LogP contribution in [0, 0.1) is 0 Å². The van der Waals surface area contributed by atoms with Crippen molar-refractivity contribution in [2.24, 2.45) is 0 Å². The molecule has 0 bridgehead atoms. The summed E-state index contributed by atoms with van der Waals surface area (Å²) in [6.45, 7) is 8.90. The fourth-order valence-electron chi connectivity index (χ4n) is 2.60. The highest BCUT2D eigenvalue weighted by molar-refractivity contribution is 5.67. The number of amides is 1. The topological polar surface area (TPSA) is 65.4 Å². The van der Waals surface area contributed by atoms with E-state index in [0.717, 1.165) is 31.6 Å². The van der Waals surface area contributed by atoms with Crippen LogP contribution >= 0.6 is 0 Å². The first-order valence-corrected chi connectivity index (χ1v) is 7.98. The summed E-state index contributed by atoms with van der Waals surface area (Å²) in [5, 5.41) is 2.78. The van der Waals surface area contributed by atoms with Gasteiger partial charge in [-0.05, 0) is 40.5 Å². The van der Waals surface area contributed by atoms with Crippen LogP contribution in [0.3, 0.4) is 0 Å². The number of alkyl carbamates (subject to hydrolysis) is 1. The SMILES string of the molecule is CCOC1CC(n2cncc2CCNC(=O)OC(C)(C)C)C1. The van der Waals surface area contributed by atoms with E-state index in [1.807, 2.05) is 40.2 Å². The third-order valence-corrected chi connectivity index (χ3v) is 3.66. The molecule has 22 heavy (non-hydrogen) atoms. The van der Waals surface area contributed by atoms with Crippen LogP contribution in [0.5, 0.6) is 0 Å². The number of carbonyl (C=O) groups is 1. The molecule has 0 spiro atoms. The molecule has 1 heterocycles. The molecule has 0 aliphatic heterocycles. The fourth-order valence-corrected chi connectivity index (χ4v) is 2.60. The van der Waals surface area contributed by atoms with Crippen molar-refractivity contribution in [3.63, 3.8) is 0 Å². The van der Waals surface area contributed by atoms with Crippen LogP contribution in [-0.2, 0) is 15.9 Å². The molecule has 0 aromatic carbocycles. The smallest absolute Gasteiger partial charge is 0.407 e. The fraction of sp³-hybridized carbons (Fsp3) is 0.750. The number of carbonyl (C=O) groups excluding carboxylic acids is 1. The van der Waals surface area contributed by atoms with Crippen LogP contribution in [0.25, 0.3) is 0 Å².